The molecule has 0 fully saturated rings. The average molecular weight is 468 g/mol. The predicted molar refractivity (Wildman–Crippen MR) is 130 cm³/mol. The van der Waals surface area contributed by atoms with Crippen molar-refractivity contribution in [3.05, 3.63) is 59.7 Å². The maximum Gasteiger partial charge on any atom is 0.325 e. The maximum atomic E-state index is 13.4. The summed E-state index contributed by atoms with van der Waals surface area (Å²) in [5, 5.41) is 14.5. The number of benzene rings is 3. The van der Waals surface area contributed by atoms with Gasteiger partial charge in [0, 0.05) is 39.6 Å². The number of H-pyrrole nitrogens is 1. The molecular weight excluding hydrogens is 448 g/mol. The van der Waals surface area contributed by atoms with E-state index in [2.05, 4.69) is 10.3 Å². The zero-order valence-electron chi connectivity index (χ0n) is 18.9. The van der Waals surface area contributed by atoms with Crippen LogP contribution < -0.4 is 5.32 Å². The molecule has 0 aliphatic carbocycles. The van der Waals surface area contributed by atoms with E-state index in [4.69, 9.17) is 0 Å². The molecule has 0 spiro atoms. The molecule has 3 heterocycles. The van der Waals surface area contributed by atoms with Crippen LogP contribution >= 0.6 is 0 Å². The van der Waals surface area contributed by atoms with Gasteiger partial charge in [-0.2, -0.15) is 0 Å². The fourth-order valence-corrected chi connectivity index (χ4v) is 5.16. The van der Waals surface area contributed by atoms with Crippen LogP contribution in [-0.4, -0.2) is 56.3 Å². The second kappa shape index (κ2) is 7.17. The first-order chi connectivity index (χ1) is 16.8. The van der Waals surface area contributed by atoms with Gasteiger partial charge < -0.3 is 20.0 Å². The molecule has 1 atom stereocenters. The fraction of sp³-hybridized carbons (Fsp3) is 0.154. The summed E-state index contributed by atoms with van der Waals surface area (Å²) in [7, 11) is 1.47. The van der Waals surface area contributed by atoms with Crippen molar-refractivity contribution in [1.82, 2.24) is 19.8 Å². The Balaban J connectivity index is 1.77. The van der Waals surface area contributed by atoms with E-state index < -0.39 is 23.8 Å². The van der Waals surface area contributed by atoms with E-state index in [1.807, 2.05) is 48.5 Å². The molecule has 3 N–H and O–H groups in total. The molecule has 0 saturated heterocycles. The minimum atomic E-state index is -1.14. The van der Waals surface area contributed by atoms with Gasteiger partial charge in [0.2, 0.25) is 5.91 Å². The predicted octanol–water partition coefficient (Wildman–Crippen LogP) is 3.24. The van der Waals surface area contributed by atoms with Crippen molar-refractivity contribution in [2.45, 2.75) is 19.5 Å². The molecule has 1 aliphatic rings. The van der Waals surface area contributed by atoms with E-state index in [1.54, 1.807) is 4.57 Å². The number of carbonyl (C=O) groups excluding carboxylic acids is 3. The Morgan fingerprint density at radius 1 is 0.971 bits per heavy atom. The summed E-state index contributed by atoms with van der Waals surface area (Å²) >= 11 is 0. The molecule has 174 valence electrons. The number of nitrogens with zero attached hydrogens (tertiary/aromatic N) is 2. The third-order valence-corrected chi connectivity index (χ3v) is 6.75. The number of para-hydroxylation sites is 2. The normalized spacial score (nSPS) is 14.4. The smallest absolute Gasteiger partial charge is 0.325 e. The Bertz CT molecular complexity index is 1780. The van der Waals surface area contributed by atoms with Crippen molar-refractivity contribution in [3.63, 3.8) is 0 Å². The van der Waals surface area contributed by atoms with Crippen LogP contribution in [-0.2, 0) is 16.1 Å². The highest BCUT2D eigenvalue weighted by atomic mass is 16.4. The monoisotopic (exact) mass is 468 g/mol. The molecular formula is C26H20N4O5. The topological polar surface area (TPSA) is 124 Å². The van der Waals surface area contributed by atoms with Crippen molar-refractivity contribution in [3.8, 4) is 0 Å². The summed E-state index contributed by atoms with van der Waals surface area (Å²) in [5.41, 5.74) is 3.43. The van der Waals surface area contributed by atoms with Crippen LogP contribution in [0.1, 0.15) is 27.6 Å². The first-order valence-electron chi connectivity index (χ1n) is 11.1. The second-order valence-corrected chi connectivity index (χ2v) is 8.79. The molecule has 9 nitrogen and oxygen atoms in total. The summed E-state index contributed by atoms with van der Waals surface area (Å²) in [6.07, 6.45) is 0. The molecule has 35 heavy (non-hydrogen) atoms. The van der Waals surface area contributed by atoms with Gasteiger partial charge >= 0.3 is 5.97 Å². The lowest BCUT2D eigenvalue weighted by atomic mass is 9.97. The number of fused-ring (bicyclic) bond motifs is 10. The standard InChI is InChI=1S/C26H20N4O5/c1-12(26(34)35)27-17(31)11-30-16-10-6-4-8-14(16)19-21-20(24(32)29(2)25(21)33)18-13-7-3-5-9-15(13)28-22(18)23(19)30/h3-10,12,28H,11H2,1-2H3,(H,27,31)(H,34,35). The number of aliphatic carboxylic acids is 1. The molecule has 9 heteroatoms. The minimum Gasteiger partial charge on any atom is -0.480 e. The van der Waals surface area contributed by atoms with Crippen molar-refractivity contribution in [2.75, 3.05) is 7.05 Å². The zero-order chi connectivity index (χ0) is 24.6. The highest BCUT2D eigenvalue weighted by molar-refractivity contribution is 6.39. The number of carbonyl (C=O) groups is 4. The number of hydrogen-bond acceptors (Lipinski definition) is 4. The molecule has 3 amide bonds. The zero-order valence-corrected chi connectivity index (χ0v) is 18.9. The number of nitrogens with one attached hydrogen (secondary N) is 2. The number of rotatable bonds is 4. The minimum absolute atomic E-state index is 0.164. The van der Waals surface area contributed by atoms with E-state index in [-0.39, 0.29) is 12.5 Å². The molecule has 5 aromatic rings. The van der Waals surface area contributed by atoms with Crippen molar-refractivity contribution < 1.29 is 24.3 Å². The van der Waals surface area contributed by atoms with Gasteiger partial charge in [-0.25, -0.2) is 0 Å². The van der Waals surface area contributed by atoms with Gasteiger partial charge in [0.1, 0.15) is 12.6 Å². The SMILES string of the molecule is CC(NC(=O)Cn1c2ccccc2c2c3c(c4c5ccccc5[nH]c4c21)C(=O)N(C)C3=O)C(=O)O. The maximum absolute atomic E-state index is 13.4. The lowest BCUT2D eigenvalue weighted by Gasteiger charge is -2.12. The largest absolute Gasteiger partial charge is 0.480 e. The third-order valence-electron chi connectivity index (χ3n) is 6.75. The van der Waals surface area contributed by atoms with E-state index in [9.17, 15) is 24.3 Å². The van der Waals surface area contributed by atoms with Crippen LogP contribution in [0.25, 0.3) is 43.6 Å². The Morgan fingerprint density at radius 3 is 2.31 bits per heavy atom. The van der Waals surface area contributed by atoms with Gasteiger partial charge in [0.05, 0.1) is 22.2 Å². The van der Waals surface area contributed by atoms with E-state index in [1.165, 1.54) is 14.0 Å². The van der Waals surface area contributed by atoms with E-state index >= 15 is 0 Å². The summed E-state index contributed by atoms with van der Waals surface area (Å²) in [4.78, 5) is 55.3. The molecule has 2 aromatic heterocycles. The fourth-order valence-electron chi connectivity index (χ4n) is 5.16. The number of hydrogen-bond donors (Lipinski definition) is 3. The molecule has 0 saturated carbocycles. The van der Waals surface area contributed by atoms with Crippen LogP contribution in [0.4, 0.5) is 0 Å². The van der Waals surface area contributed by atoms with Crippen molar-refractivity contribution in [2.24, 2.45) is 0 Å². The van der Waals surface area contributed by atoms with Gasteiger partial charge in [0.25, 0.3) is 11.8 Å². The van der Waals surface area contributed by atoms with Crippen molar-refractivity contribution in [1.29, 1.82) is 0 Å². The van der Waals surface area contributed by atoms with Crippen LogP contribution in [0.15, 0.2) is 48.5 Å². The first kappa shape index (κ1) is 20.9. The van der Waals surface area contributed by atoms with Gasteiger partial charge in [-0.3, -0.25) is 24.1 Å². The first-order valence-corrected chi connectivity index (χ1v) is 11.1. The molecule has 1 aliphatic heterocycles. The number of aromatic amines is 1. The third kappa shape index (κ3) is 2.75. The Labute approximate surface area is 197 Å². The summed E-state index contributed by atoms with van der Waals surface area (Å²) < 4.78 is 1.78. The van der Waals surface area contributed by atoms with E-state index in [0.717, 1.165) is 21.2 Å². The number of amides is 3. The molecule has 1 unspecified atom stereocenters. The highest BCUT2D eigenvalue weighted by Gasteiger charge is 2.39. The summed E-state index contributed by atoms with van der Waals surface area (Å²) in [5.74, 6) is -2.38. The van der Waals surface area contributed by atoms with Crippen LogP contribution in [0.3, 0.4) is 0 Å². The van der Waals surface area contributed by atoms with Gasteiger partial charge in [-0.15, -0.1) is 0 Å². The van der Waals surface area contributed by atoms with Crippen LogP contribution in [0.5, 0.6) is 0 Å². The highest BCUT2D eigenvalue weighted by Crippen LogP contribution is 2.44. The Morgan fingerprint density at radius 2 is 1.60 bits per heavy atom. The molecule has 0 bridgehead atoms. The van der Waals surface area contributed by atoms with Crippen LogP contribution in [0.2, 0.25) is 0 Å². The van der Waals surface area contributed by atoms with Gasteiger partial charge in [-0.1, -0.05) is 36.4 Å². The second-order valence-electron chi connectivity index (χ2n) is 8.79. The van der Waals surface area contributed by atoms with E-state index in [0.29, 0.717) is 38.4 Å². The Kier molecular flexibility index (Phi) is 4.28. The molecule has 6 rings (SSSR count). The molecule has 0 radical (unpaired) electrons. The molecule has 3 aromatic carbocycles. The lowest BCUT2D eigenvalue weighted by molar-refractivity contribution is -0.141. The summed E-state index contributed by atoms with van der Waals surface area (Å²) in [6, 6.07) is 13.9. The quantitative estimate of drug-likeness (QED) is 0.349. The number of imide groups is 1. The number of aromatic nitrogens is 2. The van der Waals surface area contributed by atoms with Gasteiger partial charge in [0.15, 0.2) is 0 Å². The van der Waals surface area contributed by atoms with Gasteiger partial charge in [-0.05, 0) is 19.1 Å². The van der Waals surface area contributed by atoms with Crippen LogP contribution in [0, 0.1) is 0 Å². The van der Waals surface area contributed by atoms with Crippen molar-refractivity contribution >= 4 is 67.3 Å². The average Bonchev–Trinajstić information content (AvgIpc) is 3.44. The Hall–Kier alpha value is -4.66. The number of carboxylic acid groups (broad SMARTS) is 1. The number of carboxylic acids is 1. The lowest BCUT2D eigenvalue weighted by Crippen LogP contribution is -2.40. The summed E-state index contributed by atoms with van der Waals surface area (Å²) in [6.45, 7) is 1.23.